The first-order valence-corrected chi connectivity index (χ1v) is 4.65. The third kappa shape index (κ3) is 2.30. The van der Waals surface area contributed by atoms with Crippen LogP contribution in [0.2, 0.25) is 0 Å². The zero-order valence-electron chi connectivity index (χ0n) is 8.41. The number of hydrogen-bond acceptors (Lipinski definition) is 5. The van der Waals surface area contributed by atoms with E-state index >= 15 is 0 Å². The molecule has 0 fully saturated rings. The van der Waals surface area contributed by atoms with Crippen molar-refractivity contribution < 1.29 is 0 Å². The van der Waals surface area contributed by atoms with Crippen molar-refractivity contribution in [2.75, 3.05) is 5.73 Å². The molecule has 6 heteroatoms. The lowest BCUT2D eigenvalue weighted by atomic mass is 10.4. The van der Waals surface area contributed by atoms with Gasteiger partial charge in [0.25, 0.3) is 0 Å². The number of rotatable bonds is 0. The largest absolute Gasteiger partial charge is 0.382 e. The summed E-state index contributed by atoms with van der Waals surface area (Å²) in [5, 5.41) is 9.72. The zero-order chi connectivity index (χ0) is 11.2. The van der Waals surface area contributed by atoms with Gasteiger partial charge in [-0.05, 0) is 0 Å². The minimum absolute atomic E-state index is 0.370. The average molecular weight is 214 g/mol. The van der Waals surface area contributed by atoms with Crippen molar-refractivity contribution >= 4 is 17.0 Å². The molecule has 0 saturated carbocycles. The van der Waals surface area contributed by atoms with Crippen molar-refractivity contribution in [2.24, 2.45) is 0 Å². The maximum atomic E-state index is 5.44. The van der Waals surface area contributed by atoms with Gasteiger partial charge in [-0.25, -0.2) is 9.97 Å². The summed E-state index contributed by atoms with van der Waals surface area (Å²) in [6, 6.07) is 12.0. The first kappa shape index (κ1) is 10.0. The van der Waals surface area contributed by atoms with Crippen LogP contribution in [-0.2, 0) is 0 Å². The van der Waals surface area contributed by atoms with E-state index in [4.69, 9.17) is 5.73 Å². The van der Waals surface area contributed by atoms with E-state index in [0.29, 0.717) is 17.0 Å². The minimum atomic E-state index is 0.370. The van der Waals surface area contributed by atoms with Crippen molar-refractivity contribution in [1.29, 1.82) is 0 Å². The summed E-state index contributed by atoms with van der Waals surface area (Å²) in [5.41, 5.74) is 6.52. The van der Waals surface area contributed by atoms with E-state index in [1.54, 1.807) is 0 Å². The highest BCUT2D eigenvalue weighted by molar-refractivity contribution is 5.79. The number of nitrogens with one attached hydrogen (secondary N) is 1. The Morgan fingerprint density at radius 2 is 1.56 bits per heavy atom. The smallest absolute Gasteiger partial charge is 0.206 e. The van der Waals surface area contributed by atoms with Gasteiger partial charge in [0.1, 0.15) is 11.8 Å². The average Bonchev–Trinajstić information content (AvgIpc) is 2.82. The highest BCUT2D eigenvalue weighted by atomic mass is 15.3. The van der Waals surface area contributed by atoms with Crippen LogP contribution in [0.4, 0.5) is 5.82 Å². The van der Waals surface area contributed by atoms with E-state index in [1.165, 1.54) is 6.33 Å². The molecule has 3 rings (SSSR count). The Hall–Kier alpha value is -2.50. The van der Waals surface area contributed by atoms with E-state index in [1.807, 2.05) is 36.4 Å². The Kier molecular flexibility index (Phi) is 3.03. The monoisotopic (exact) mass is 214 g/mol. The molecule has 0 bridgehead atoms. The third-order valence-corrected chi connectivity index (χ3v) is 1.83. The standard InChI is InChI=1S/C6H6.C4H4N6/c1-2-4-6-5-3-1;5-3-2-4(7-1-6-3)9-10-8-2/h1-6H;1H,(H3,5,6,7,8,9,10). The summed E-state index contributed by atoms with van der Waals surface area (Å²) in [5.74, 6) is 0.370. The van der Waals surface area contributed by atoms with E-state index in [2.05, 4.69) is 25.4 Å². The van der Waals surface area contributed by atoms with Crippen LogP contribution in [0.5, 0.6) is 0 Å². The number of aromatic nitrogens is 5. The molecule has 2 heterocycles. The fourth-order valence-corrected chi connectivity index (χ4v) is 1.08. The topological polar surface area (TPSA) is 93.4 Å². The van der Waals surface area contributed by atoms with Crippen LogP contribution < -0.4 is 5.73 Å². The van der Waals surface area contributed by atoms with Gasteiger partial charge in [-0.3, -0.25) is 5.10 Å². The van der Waals surface area contributed by atoms with Crippen LogP contribution in [0.3, 0.4) is 0 Å². The lowest BCUT2D eigenvalue weighted by Gasteiger charge is -1.87. The molecule has 0 spiro atoms. The molecular weight excluding hydrogens is 204 g/mol. The van der Waals surface area contributed by atoms with Crippen LogP contribution in [0, 0.1) is 0 Å². The Bertz CT molecular complexity index is 521. The molecule has 3 N–H and O–H groups in total. The lowest BCUT2D eigenvalue weighted by Crippen LogP contribution is -1.91. The molecule has 2 aromatic heterocycles. The van der Waals surface area contributed by atoms with Crippen LogP contribution >= 0.6 is 0 Å². The molecule has 80 valence electrons. The second kappa shape index (κ2) is 4.83. The number of fused-ring (bicyclic) bond motifs is 1. The molecule has 3 aromatic rings. The summed E-state index contributed by atoms with van der Waals surface area (Å²) in [6.07, 6.45) is 1.35. The molecule has 0 atom stereocenters. The van der Waals surface area contributed by atoms with E-state index in [-0.39, 0.29) is 0 Å². The predicted octanol–water partition coefficient (Wildman–Crippen LogP) is 1.02. The fourth-order valence-electron chi connectivity index (χ4n) is 1.08. The number of hydrogen-bond donors (Lipinski definition) is 2. The van der Waals surface area contributed by atoms with Crippen molar-refractivity contribution in [3.05, 3.63) is 42.7 Å². The molecule has 1 aromatic carbocycles. The number of nitrogens with zero attached hydrogens (tertiary/aromatic N) is 4. The van der Waals surface area contributed by atoms with Crippen LogP contribution in [-0.4, -0.2) is 25.4 Å². The summed E-state index contributed by atoms with van der Waals surface area (Å²) in [4.78, 5) is 7.54. The molecule has 0 radical (unpaired) electrons. The van der Waals surface area contributed by atoms with E-state index < -0.39 is 0 Å². The molecule has 0 unspecified atom stereocenters. The van der Waals surface area contributed by atoms with Gasteiger partial charge in [0.05, 0.1) is 0 Å². The Morgan fingerprint density at radius 3 is 2.12 bits per heavy atom. The molecule has 0 aliphatic heterocycles. The maximum absolute atomic E-state index is 5.44. The minimum Gasteiger partial charge on any atom is -0.382 e. The zero-order valence-corrected chi connectivity index (χ0v) is 8.41. The van der Waals surface area contributed by atoms with Crippen molar-refractivity contribution in [3.63, 3.8) is 0 Å². The Balaban J connectivity index is 0.000000138. The number of nitrogen functional groups attached to an aromatic ring is 1. The van der Waals surface area contributed by atoms with Crippen molar-refractivity contribution in [1.82, 2.24) is 25.4 Å². The van der Waals surface area contributed by atoms with Gasteiger partial charge < -0.3 is 5.73 Å². The van der Waals surface area contributed by atoms with E-state index in [0.717, 1.165) is 0 Å². The van der Waals surface area contributed by atoms with Gasteiger partial charge in [0.2, 0.25) is 5.65 Å². The maximum Gasteiger partial charge on any atom is 0.206 e. The van der Waals surface area contributed by atoms with Crippen LogP contribution in [0.15, 0.2) is 42.7 Å². The molecular formula is C10H10N6. The summed E-state index contributed by atoms with van der Waals surface area (Å²) in [7, 11) is 0. The van der Waals surface area contributed by atoms with Crippen LogP contribution in [0.25, 0.3) is 11.2 Å². The first-order chi connectivity index (χ1) is 7.88. The van der Waals surface area contributed by atoms with E-state index in [9.17, 15) is 0 Å². The van der Waals surface area contributed by atoms with Gasteiger partial charge >= 0.3 is 0 Å². The quantitative estimate of drug-likeness (QED) is 0.582. The number of H-pyrrole nitrogens is 1. The molecule has 0 aliphatic rings. The number of benzene rings is 1. The number of anilines is 1. The summed E-state index contributed by atoms with van der Waals surface area (Å²) < 4.78 is 0. The van der Waals surface area contributed by atoms with Gasteiger partial charge in [0.15, 0.2) is 5.82 Å². The molecule has 16 heavy (non-hydrogen) atoms. The highest BCUT2D eigenvalue weighted by Gasteiger charge is 2.00. The van der Waals surface area contributed by atoms with Gasteiger partial charge in [-0.1, -0.05) is 41.6 Å². The first-order valence-electron chi connectivity index (χ1n) is 4.65. The second-order valence-electron chi connectivity index (χ2n) is 2.92. The summed E-state index contributed by atoms with van der Waals surface area (Å²) >= 11 is 0. The summed E-state index contributed by atoms with van der Waals surface area (Å²) in [6.45, 7) is 0. The number of nitrogens with two attached hydrogens (primary N) is 1. The molecule has 0 amide bonds. The Labute approximate surface area is 91.5 Å². The Morgan fingerprint density at radius 1 is 0.938 bits per heavy atom. The van der Waals surface area contributed by atoms with Gasteiger partial charge in [-0.15, -0.1) is 5.10 Å². The lowest BCUT2D eigenvalue weighted by molar-refractivity contribution is 0.954. The third-order valence-electron chi connectivity index (χ3n) is 1.83. The SMILES string of the molecule is Nc1ncnc2nn[nH]c12.c1ccccc1. The molecule has 0 saturated heterocycles. The van der Waals surface area contributed by atoms with Gasteiger partial charge in [0, 0.05) is 0 Å². The highest BCUT2D eigenvalue weighted by Crippen LogP contribution is 2.07. The van der Waals surface area contributed by atoms with Gasteiger partial charge in [-0.2, -0.15) is 0 Å². The molecule has 6 nitrogen and oxygen atoms in total. The second-order valence-corrected chi connectivity index (χ2v) is 2.92. The predicted molar refractivity (Wildman–Crippen MR) is 60.3 cm³/mol. The van der Waals surface area contributed by atoms with Crippen LogP contribution in [0.1, 0.15) is 0 Å². The fraction of sp³-hybridized carbons (Fsp3) is 0. The normalized spacial score (nSPS) is 9.50. The molecule has 0 aliphatic carbocycles. The van der Waals surface area contributed by atoms with Crippen molar-refractivity contribution in [3.8, 4) is 0 Å². The number of aromatic amines is 1. The van der Waals surface area contributed by atoms with Crippen molar-refractivity contribution in [2.45, 2.75) is 0 Å².